The normalized spacial score (nSPS) is 20.6. The van der Waals surface area contributed by atoms with E-state index in [1.54, 1.807) is 13.0 Å². The molecule has 0 saturated heterocycles. The molecule has 2 atom stereocenters. The van der Waals surface area contributed by atoms with Crippen LogP contribution in [0.3, 0.4) is 0 Å². The molecule has 0 radical (unpaired) electrons. The summed E-state index contributed by atoms with van der Waals surface area (Å²) in [6.07, 6.45) is 2.56. The average molecular weight is 467 g/mol. The van der Waals surface area contributed by atoms with Crippen LogP contribution in [-0.2, 0) is 10.0 Å². The van der Waals surface area contributed by atoms with E-state index in [1.807, 2.05) is 0 Å². The number of anilines is 1. The molecule has 2 N–H and O–H groups in total. The molecule has 0 aliphatic heterocycles. The molecule has 2 unspecified atom stereocenters. The molecule has 0 amide bonds. The monoisotopic (exact) mass is 467 g/mol. The van der Waals surface area contributed by atoms with Crippen molar-refractivity contribution < 1.29 is 26.3 Å². The second kappa shape index (κ2) is 8.41. The molecule has 170 valence electrons. The minimum absolute atomic E-state index is 0.0112. The summed E-state index contributed by atoms with van der Waals surface area (Å²) in [5.41, 5.74) is 0.843. The van der Waals surface area contributed by atoms with E-state index in [9.17, 15) is 21.6 Å². The van der Waals surface area contributed by atoms with Crippen LogP contribution < -0.4 is 9.46 Å². The van der Waals surface area contributed by atoms with Gasteiger partial charge in [0.2, 0.25) is 5.92 Å². The Kier molecular flexibility index (Phi) is 5.80. The van der Waals surface area contributed by atoms with E-state index in [4.69, 9.17) is 4.74 Å². The molecule has 1 aromatic carbocycles. The Morgan fingerprint density at radius 2 is 2.06 bits per heavy atom. The molecule has 0 spiro atoms. The molecule has 1 fully saturated rings. The number of halogens is 3. The van der Waals surface area contributed by atoms with Gasteiger partial charge in [-0.1, -0.05) is 0 Å². The predicted molar refractivity (Wildman–Crippen MR) is 109 cm³/mol. The van der Waals surface area contributed by atoms with Crippen LogP contribution in [0.5, 0.6) is 5.75 Å². The van der Waals surface area contributed by atoms with Gasteiger partial charge in [0.25, 0.3) is 10.0 Å². The summed E-state index contributed by atoms with van der Waals surface area (Å²) in [7, 11) is -4.26. The van der Waals surface area contributed by atoms with Gasteiger partial charge in [0.15, 0.2) is 0 Å². The van der Waals surface area contributed by atoms with Gasteiger partial charge in [-0.15, -0.1) is 0 Å². The number of hydrogen-bond acceptors (Lipinski definition) is 6. The second-order valence-electron chi connectivity index (χ2n) is 7.62. The standard InChI is InChI=1S/C20H20F3N5O3S/c1-12-8-18(32(29,30)28-19-4-6-24-11-25-19)14(21)9-17(12)31-16-2-5-20(22,23)10-13(16)15-3-7-26-27-15/h3-4,6-9,11,13,16H,2,5,10H2,1H3,(H,26,27)(H,24,25,28). The van der Waals surface area contributed by atoms with E-state index in [0.717, 1.165) is 18.5 Å². The molecule has 0 bridgehead atoms. The van der Waals surface area contributed by atoms with Crippen molar-refractivity contribution in [2.75, 3.05) is 4.72 Å². The molecular formula is C20H20F3N5O3S. The molecule has 2 aromatic heterocycles. The maximum Gasteiger partial charge on any atom is 0.265 e. The van der Waals surface area contributed by atoms with Crippen LogP contribution in [-0.4, -0.2) is 40.6 Å². The number of H-pyrrole nitrogens is 1. The summed E-state index contributed by atoms with van der Waals surface area (Å²) in [6.45, 7) is 1.56. The third-order valence-corrected chi connectivity index (χ3v) is 6.67. The summed E-state index contributed by atoms with van der Waals surface area (Å²) < 4.78 is 76.2. The summed E-state index contributed by atoms with van der Waals surface area (Å²) in [4.78, 5) is 6.87. The van der Waals surface area contributed by atoms with Crippen molar-refractivity contribution in [2.45, 2.75) is 49.0 Å². The van der Waals surface area contributed by atoms with Crippen molar-refractivity contribution in [2.24, 2.45) is 0 Å². The van der Waals surface area contributed by atoms with Gasteiger partial charge in [0.05, 0.1) is 0 Å². The first kappa shape index (κ1) is 22.1. The van der Waals surface area contributed by atoms with Gasteiger partial charge >= 0.3 is 0 Å². The van der Waals surface area contributed by atoms with Crippen LogP contribution in [0.4, 0.5) is 19.0 Å². The lowest BCUT2D eigenvalue weighted by Crippen LogP contribution is -2.38. The van der Waals surface area contributed by atoms with E-state index in [2.05, 4.69) is 24.9 Å². The minimum Gasteiger partial charge on any atom is -0.489 e. The Labute approximate surface area is 182 Å². The highest BCUT2D eigenvalue weighted by Gasteiger charge is 2.44. The lowest BCUT2D eigenvalue weighted by Gasteiger charge is -2.35. The van der Waals surface area contributed by atoms with Crippen molar-refractivity contribution in [1.82, 2.24) is 20.2 Å². The Morgan fingerprint density at radius 1 is 1.25 bits per heavy atom. The fourth-order valence-corrected chi connectivity index (χ4v) is 4.86. The maximum atomic E-state index is 14.8. The maximum absolute atomic E-state index is 14.8. The summed E-state index contributed by atoms with van der Waals surface area (Å²) >= 11 is 0. The summed E-state index contributed by atoms with van der Waals surface area (Å²) in [5.74, 6) is -4.48. The topological polar surface area (TPSA) is 110 Å². The molecule has 1 aliphatic carbocycles. The molecule has 1 saturated carbocycles. The highest BCUT2D eigenvalue weighted by atomic mass is 32.2. The quantitative estimate of drug-likeness (QED) is 0.571. The predicted octanol–water partition coefficient (Wildman–Crippen LogP) is 3.80. The SMILES string of the molecule is Cc1cc(S(=O)(=O)Nc2ccncn2)c(F)cc1OC1CCC(F)(F)CC1c1ccn[nH]1. The number of nitrogens with one attached hydrogen (secondary N) is 2. The first-order valence-corrected chi connectivity index (χ1v) is 11.3. The van der Waals surface area contributed by atoms with Crippen LogP contribution in [0.2, 0.25) is 0 Å². The molecule has 8 nitrogen and oxygen atoms in total. The Hall–Kier alpha value is -3.15. The van der Waals surface area contributed by atoms with Crippen molar-refractivity contribution >= 4 is 15.8 Å². The molecule has 12 heteroatoms. The third-order valence-electron chi connectivity index (χ3n) is 5.30. The molecule has 1 aliphatic rings. The Bertz CT molecular complexity index is 1190. The van der Waals surface area contributed by atoms with Crippen LogP contribution in [0.1, 0.15) is 36.4 Å². The number of hydrogen-bond donors (Lipinski definition) is 2. The molecule has 3 aromatic rings. The van der Waals surface area contributed by atoms with Gasteiger partial charge in [-0.3, -0.25) is 9.82 Å². The minimum atomic E-state index is -4.26. The van der Waals surface area contributed by atoms with Crippen molar-refractivity contribution in [3.63, 3.8) is 0 Å². The van der Waals surface area contributed by atoms with Gasteiger partial charge in [0.1, 0.15) is 34.7 Å². The first-order valence-electron chi connectivity index (χ1n) is 9.77. The zero-order chi connectivity index (χ0) is 22.9. The largest absolute Gasteiger partial charge is 0.489 e. The van der Waals surface area contributed by atoms with Crippen LogP contribution in [0, 0.1) is 12.7 Å². The van der Waals surface area contributed by atoms with E-state index >= 15 is 0 Å². The number of rotatable bonds is 6. The number of ether oxygens (including phenoxy) is 1. The molecule has 2 heterocycles. The van der Waals surface area contributed by atoms with Crippen LogP contribution >= 0.6 is 0 Å². The number of aromatic nitrogens is 4. The summed E-state index contributed by atoms with van der Waals surface area (Å²) in [5, 5.41) is 6.53. The highest BCUT2D eigenvalue weighted by Crippen LogP contribution is 2.43. The lowest BCUT2D eigenvalue weighted by molar-refractivity contribution is -0.0694. The second-order valence-corrected chi connectivity index (χ2v) is 9.27. The first-order chi connectivity index (χ1) is 15.1. The Balaban J connectivity index is 1.59. The van der Waals surface area contributed by atoms with Crippen molar-refractivity contribution in [3.05, 3.63) is 60.1 Å². The van der Waals surface area contributed by atoms with Gasteiger partial charge in [-0.05, 0) is 37.1 Å². The zero-order valence-electron chi connectivity index (χ0n) is 16.9. The molecule has 32 heavy (non-hydrogen) atoms. The highest BCUT2D eigenvalue weighted by molar-refractivity contribution is 7.92. The van der Waals surface area contributed by atoms with Crippen LogP contribution in [0.15, 0.2) is 47.9 Å². The number of aromatic amines is 1. The smallest absolute Gasteiger partial charge is 0.265 e. The van der Waals surface area contributed by atoms with E-state index in [0.29, 0.717) is 11.3 Å². The van der Waals surface area contributed by atoms with Gasteiger partial charge in [0, 0.05) is 42.9 Å². The lowest BCUT2D eigenvalue weighted by atomic mass is 9.82. The fraction of sp³-hybridized carbons (Fsp3) is 0.350. The van der Waals surface area contributed by atoms with Crippen LogP contribution in [0.25, 0.3) is 0 Å². The molecular weight excluding hydrogens is 447 g/mol. The van der Waals surface area contributed by atoms with Gasteiger partial charge in [-0.25, -0.2) is 31.6 Å². The number of alkyl halides is 2. The summed E-state index contributed by atoms with van der Waals surface area (Å²) in [6, 6.07) is 5.02. The number of nitrogens with zero attached hydrogens (tertiary/aromatic N) is 3. The van der Waals surface area contributed by atoms with E-state index in [1.165, 1.54) is 18.5 Å². The Morgan fingerprint density at radius 3 is 2.75 bits per heavy atom. The van der Waals surface area contributed by atoms with E-state index in [-0.39, 0.29) is 24.4 Å². The number of benzene rings is 1. The number of aryl methyl sites for hydroxylation is 1. The molecule has 4 rings (SSSR count). The van der Waals surface area contributed by atoms with Gasteiger partial charge in [-0.2, -0.15) is 5.10 Å². The third kappa shape index (κ3) is 4.69. The van der Waals surface area contributed by atoms with Gasteiger partial charge < -0.3 is 4.74 Å². The number of sulfonamides is 1. The van der Waals surface area contributed by atoms with Crippen molar-refractivity contribution in [3.8, 4) is 5.75 Å². The zero-order valence-corrected chi connectivity index (χ0v) is 17.7. The fourth-order valence-electron chi connectivity index (χ4n) is 3.71. The van der Waals surface area contributed by atoms with Crippen molar-refractivity contribution in [1.29, 1.82) is 0 Å². The average Bonchev–Trinajstić information content (AvgIpc) is 3.26. The van der Waals surface area contributed by atoms with E-state index < -0.39 is 45.1 Å².